The van der Waals surface area contributed by atoms with Gasteiger partial charge < -0.3 is 15.4 Å². The molecule has 27 heavy (non-hydrogen) atoms. The van der Waals surface area contributed by atoms with E-state index in [1.807, 2.05) is 0 Å². The second kappa shape index (κ2) is 5.83. The van der Waals surface area contributed by atoms with Crippen molar-refractivity contribution in [3.05, 3.63) is 23.5 Å². The van der Waals surface area contributed by atoms with Crippen LogP contribution in [0.3, 0.4) is 0 Å². The average Bonchev–Trinajstić information content (AvgIpc) is 3.10. The summed E-state index contributed by atoms with van der Waals surface area (Å²) in [6, 6.07) is 1.68. The van der Waals surface area contributed by atoms with Crippen LogP contribution in [0.25, 0.3) is 0 Å². The third kappa shape index (κ3) is 2.77. The molecule has 1 saturated heterocycles. The number of carbonyl (C=O) groups is 1. The number of alkyl halides is 3. The van der Waals surface area contributed by atoms with E-state index in [0.29, 0.717) is 24.5 Å². The van der Waals surface area contributed by atoms with E-state index in [-0.39, 0.29) is 30.2 Å². The van der Waals surface area contributed by atoms with Crippen LogP contribution >= 0.6 is 0 Å². The van der Waals surface area contributed by atoms with Gasteiger partial charge in [-0.05, 0) is 13.3 Å². The average molecular weight is 382 g/mol. The fraction of sp³-hybridized carbons (Fsp3) is 0.500. The van der Waals surface area contributed by atoms with E-state index < -0.39 is 17.2 Å². The molecule has 4 rings (SSSR count). The molecule has 2 N–H and O–H groups in total. The van der Waals surface area contributed by atoms with Gasteiger partial charge in [0.1, 0.15) is 22.6 Å². The summed E-state index contributed by atoms with van der Waals surface area (Å²) in [4.78, 5) is 19.7. The zero-order valence-corrected chi connectivity index (χ0v) is 14.6. The van der Waals surface area contributed by atoms with Gasteiger partial charge in [-0.25, -0.2) is 4.98 Å². The first kappa shape index (κ1) is 17.6. The number of rotatable bonds is 5. The molecule has 1 aliphatic carbocycles. The Morgan fingerprint density at radius 1 is 1.44 bits per heavy atom. The van der Waals surface area contributed by atoms with Crippen molar-refractivity contribution in [3.8, 4) is 0 Å². The molecule has 11 heteroatoms. The predicted molar refractivity (Wildman–Crippen MR) is 88.4 cm³/mol. The number of aryl methyl sites for hydroxylation is 1. The summed E-state index contributed by atoms with van der Waals surface area (Å²) in [5, 5.41) is 9.83. The molecule has 0 bridgehead atoms. The van der Waals surface area contributed by atoms with Crippen molar-refractivity contribution < 1.29 is 22.7 Å². The van der Waals surface area contributed by atoms with Crippen LogP contribution in [0.2, 0.25) is 0 Å². The van der Waals surface area contributed by atoms with Crippen LogP contribution in [0.15, 0.2) is 12.3 Å². The van der Waals surface area contributed by atoms with Crippen LogP contribution in [0, 0.1) is 5.92 Å². The van der Waals surface area contributed by atoms with Gasteiger partial charge in [0.15, 0.2) is 0 Å². The van der Waals surface area contributed by atoms with Gasteiger partial charge in [0, 0.05) is 31.8 Å². The fourth-order valence-electron chi connectivity index (χ4n) is 3.37. The fourth-order valence-corrected chi connectivity index (χ4v) is 3.37. The molecule has 1 aliphatic heterocycles. The zero-order chi connectivity index (χ0) is 19.4. The minimum atomic E-state index is -4.56. The van der Waals surface area contributed by atoms with E-state index in [2.05, 4.69) is 25.7 Å². The van der Waals surface area contributed by atoms with E-state index in [0.717, 1.165) is 6.20 Å². The Morgan fingerprint density at radius 3 is 2.81 bits per heavy atom. The minimum absolute atomic E-state index is 0.00709. The van der Waals surface area contributed by atoms with E-state index in [4.69, 9.17) is 4.74 Å². The highest BCUT2D eigenvalue weighted by molar-refractivity contribution is 5.89. The maximum absolute atomic E-state index is 13.1. The molecule has 2 atom stereocenters. The summed E-state index contributed by atoms with van der Waals surface area (Å²) in [6.45, 7) is 2.35. The van der Waals surface area contributed by atoms with Crippen LogP contribution < -0.4 is 10.6 Å². The van der Waals surface area contributed by atoms with Crippen LogP contribution in [-0.4, -0.2) is 38.9 Å². The van der Waals surface area contributed by atoms with Crippen LogP contribution in [0.5, 0.6) is 0 Å². The Balaban J connectivity index is 1.62. The quantitative estimate of drug-likeness (QED) is 0.766. The Bertz CT molecular complexity index is 912. The molecule has 0 amide bonds. The van der Waals surface area contributed by atoms with Crippen molar-refractivity contribution in [2.45, 2.75) is 24.9 Å². The van der Waals surface area contributed by atoms with E-state index in [9.17, 15) is 18.0 Å². The number of halogens is 3. The Labute approximate surface area is 152 Å². The molecule has 1 unspecified atom stereocenters. The monoisotopic (exact) mass is 382 g/mol. The number of fused-ring (bicyclic) bond motifs is 1. The van der Waals surface area contributed by atoms with Crippen LogP contribution in [-0.2, 0) is 28.2 Å². The SMILES string of the molecule is CCNc1nc(Nc2cc(C34C[C@@H]3COC4=O)nn2C)ncc1C(F)(F)F. The highest BCUT2D eigenvalue weighted by Crippen LogP contribution is 2.58. The highest BCUT2D eigenvalue weighted by atomic mass is 19.4. The molecule has 0 aromatic carbocycles. The summed E-state index contributed by atoms with van der Waals surface area (Å²) < 4.78 is 45.7. The molecule has 1 saturated carbocycles. The molecule has 2 aliphatic rings. The van der Waals surface area contributed by atoms with Crippen molar-refractivity contribution in [2.24, 2.45) is 13.0 Å². The van der Waals surface area contributed by atoms with Crippen molar-refractivity contribution in [2.75, 3.05) is 23.8 Å². The first-order valence-electron chi connectivity index (χ1n) is 8.42. The largest absolute Gasteiger partial charge is 0.465 e. The molecule has 144 valence electrons. The molecule has 2 aromatic rings. The number of ether oxygens (including phenoxy) is 1. The van der Waals surface area contributed by atoms with Gasteiger partial charge in [-0.15, -0.1) is 0 Å². The van der Waals surface area contributed by atoms with E-state index in [1.165, 1.54) is 4.68 Å². The molecule has 0 radical (unpaired) electrons. The molecule has 3 heterocycles. The number of cyclic esters (lactones) is 1. The predicted octanol–water partition coefficient (Wildman–Crippen LogP) is 2.22. The lowest BCUT2D eigenvalue weighted by molar-refractivity contribution is -0.142. The lowest BCUT2D eigenvalue weighted by Gasteiger charge is -2.13. The number of hydrogen-bond donors (Lipinski definition) is 2. The van der Waals surface area contributed by atoms with E-state index in [1.54, 1.807) is 20.0 Å². The number of anilines is 3. The summed E-state index contributed by atoms with van der Waals surface area (Å²) in [5.74, 6) is 0.0113. The van der Waals surface area contributed by atoms with E-state index >= 15 is 0 Å². The van der Waals surface area contributed by atoms with Crippen molar-refractivity contribution >= 4 is 23.6 Å². The van der Waals surface area contributed by atoms with Gasteiger partial charge in [-0.2, -0.15) is 23.3 Å². The van der Waals surface area contributed by atoms with Gasteiger partial charge in [0.05, 0.1) is 12.3 Å². The Morgan fingerprint density at radius 2 is 2.22 bits per heavy atom. The summed E-state index contributed by atoms with van der Waals surface area (Å²) >= 11 is 0. The Kier molecular flexibility index (Phi) is 3.79. The molecule has 8 nitrogen and oxygen atoms in total. The lowest BCUT2D eigenvalue weighted by Crippen LogP contribution is -2.19. The number of aromatic nitrogens is 4. The van der Waals surface area contributed by atoms with Crippen molar-refractivity contribution in [1.29, 1.82) is 0 Å². The molecule has 0 spiro atoms. The molecule has 2 aromatic heterocycles. The maximum atomic E-state index is 13.1. The minimum Gasteiger partial charge on any atom is -0.465 e. The smallest absolute Gasteiger partial charge is 0.421 e. The number of esters is 1. The number of hydrogen-bond acceptors (Lipinski definition) is 7. The second-order valence-corrected chi connectivity index (χ2v) is 6.62. The van der Waals surface area contributed by atoms with Crippen LogP contribution in [0.1, 0.15) is 24.6 Å². The summed E-state index contributed by atoms with van der Waals surface area (Å²) in [7, 11) is 1.66. The highest BCUT2D eigenvalue weighted by Gasteiger charge is 2.68. The maximum Gasteiger partial charge on any atom is 0.421 e. The topological polar surface area (TPSA) is 94.0 Å². The first-order valence-corrected chi connectivity index (χ1v) is 8.42. The van der Waals surface area contributed by atoms with Crippen LogP contribution in [0.4, 0.5) is 30.8 Å². The van der Waals surface area contributed by atoms with Crippen molar-refractivity contribution in [3.63, 3.8) is 0 Å². The zero-order valence-electron chi connectivity index (χ0n) is 14.6. The summed E-state index contributed by atoms with van der Waals surface area (Å²) in [6.07, 6.45) is -3.13. The third-order valence-corrected chi connectivity index (χ3v) is 4.90. The van der Waals surface area contributed by atoms with Gasteiger partial charge in [-0.1, -0.05) is 0 Å². The van der Waals surface area contributed by atoms with Gasteiger partial charge in [0.25, 0.3) is 0 Å². The number of nitrogens with one attached hydrogen (secondary N) is 2. The third-order valence-electron chi connectivity index (χ3n) is 4.90. The molecular weight excluding hydrogens is 365 g/mol. The van der Waals surface area contributed by atoms with Gasteiger partial charge in [0.2, 0.25) is 5.95 Å². The lowest BCUT2D eigenvalue weighted by atomic mass is 10.0. The summed E-state index contributed by atoms with van der Waals surface area (Å²) in [5.41, 5.74) is -1.04. The number of nitrogens with zero attached hydrogens (tertiary/aromatic N) is 4. The first-order chi connectivity index (χ1) is 12.8. The van der Waals surface area contributed by atoms with Gasteiger partial charge >= 0.3 is 12.1 Å². The normalized spacial score (nSPS) is 23.7. The standard InChI is InChI=1S/C16H17F3N6O2/c1-3-20-12-9(16(17,18)19)6-21-14(23-12)22-11-4-10(24-25(11)2)15-5-8(15)7-27-13(15)26/h4,6,8H,3,5,7H2,1-2H3,(H2,20,21,22,23)/t8-,15?/m1/s1. The molecule has 2 fully saturated rings. The number of carbonyl (C=O) groups excluding carboxylic acids is 1. The second-order valence-electron chi connectivity index (χ2n) is 6.62. The van der Waals surface area contributed by atoms with Crippen molar-refractivity contribution in [1.82, 2.24) is 19.7 Å². The Hall–Kier alpha value is -2.85. The van der Waals surface area contributed by atoms with Gasteiger partial charge in [-0.3, -0.25) is 9.48 Å². The molecular formula is C16H17F3N6O2.